The number of halogens is 1. The fourth-order valence-electron chi connectivity index (χ4n) is 3.13. The van der Waals surface area contributed by atoms with Gasteiger partial charge in [0.1, 0.15) is 5.69 Å². The van der Waals surface area contributed by atoms with Crippen LogP contribution in [0, 0.1) is 10.1 Å². The molecule has 7 nitrogen and oxygen atoms in total. The maximum absolute atomic E-state index is 12.1. The average Bonchev–Trinajstić information content (AvgIpc) is 2.68. The second-order valence-electron chi connectivity index (χ2n) is 6.35. The van der Waals surface area contributed by atoms with Gasteiger partial charge in [-0.3, -0.25) is 19.8 Å². The summed E-state index contributed by atoms with van der Waals surface area (Å²) in [5.41, 5.74) is 1.40. The molecule has 142 valence electrons. The quantitative estimate of drug-likeness (QED) is 0.606. The molecule has 0 atom stereocenters. The first kappa shape index (κ1) is 19.1. The average molecular weight is 389 g/mol. The predicted molar refractivity (Wildman–Crippen MR) is 106 cm³/mol. The third-order valence-electron chi connectivity index (χ3n) is 4.59. The molecule has 3 rings (SSSR count). The Morgan fingerprint density at radius 1 is 1.07 bits per heavy atom. The summed E-state index contributed by atoms with van der Waals surface area (Å²) in [6.07, 6.45) is 0.372. The fraction of sp³-hybridized carbons (Fsp3) is 0.316. The van der Waals surface area contributed by atoms with Gasteiger partial charge in [-0.15, -0.1) is 0 Å². The molecule has 2 aromatic rings. The number of benzene rings is 2. The number of anilines is 2. The van der Waals surface area contributed by atoms with Crippen LogP contribution in [0.3, 0.4) is 0 Å². The molecule has 1 aliphatic rings. The largest absolute Gasteiger partial charge is 0.363 e. The Labute approximate surface area is 162 Å². The monoisotopic (exact) mass is 388 g/mol. The number of nitrogens with zero attached hydrogens (tertiary/aromatic N) is 3. The Balaban J connectivity index is 1.48. The van der Waals surface area contributed by atoms with Crippen molar-refractivity contribution >= 4 is 34.6 Å². The van der Waals surface area contributed by atoms with E-state index in [4.69, 9.17) is 11.6 Å². The summed E-state index contributed by atoms with van der Waals surface area (Å²) >= 11 is 6.05. The summed E-state index contributed by atoms with van der Waals surface area (Å²) in [6.45, 7) is 3.53. The molecule has 0 aliphatic carbocycles. The summed E-state index contributed by atoms with van der Waals surface area (Å²) in [5.74, 6) is -0.0794. The summed E-state index contributed by atoms with van der Waals surface area (Å²) in [7, 11) is 0. The topological polar surface area (TPSA) is 78.7 Å². The molecule has 0 unspecified atom stereocenters. The summed E-state index contributed by atoms with van der Waals surface area (Å²) < 4.78 is 0. The number of amides is 1. The van der Waals surface area contributed by atoms with Crippen LogP contribution in [0.25, 0.3) is 0 Å². The minimum absolute atomic E-state index is 0.0794. The Bertz CT molecular complexity index is 822. The van der Waals surface area contributed by atoms with E-state index < -0.39 is 0 Å². The van der Waals surface area contributed by atoms with Crippen LogP contribution in [-0.4, -0.2) is 48.5 Å². The van der Waals surface area contributed by atoms with Gasteiger partial charge in [0.2, 0.25) is 5.91 Å². The van der Waals surface area contributed by atoms with Gasteiger partial charge in [0, 0.05) is 45.2 Å². The number of nitro groups is 1. The van der Waals surface area contributed by atoms with Crippen molar-refractivity contribution in [1.82, 2.24) is 4.90 Å². The van der Waals surface area contributed by atoms with Crippen LogP contribution in [0.1, 0.15) is 6.42 Å². The van der Waals surface area contributed by atoms with Gasteiger partial charge in [0.05, 0.1) is 15.6 Å². The highest BCUT2D eigenvalue weighted by Crippen LogP contribution is 2.28. The van der Waals surface area contributed by atoms with Gasteiger partial charge in [-0.25, -0.2) is 0 Å². The van der Waals surface area contributed by atoms with Gasteiger partial charge >= 0.3 is 0 Å². The number of para-hydroxylation sites is 3. The number of rotatable bonds is 6. The first-order valence-electron chi connectivity index (χ1n) is 8.79. The lowest BCUT2D eigenvalue weighted by Crippen LogP contribution is -2.47. The molecule has 27 heavy (non-hydrogen) atoms. The van der Waals surface area contributed by atoms with Crippen LogP contribution in [0.4, 0.5) is 17.1 Å². The van der Waals surface area contributed by atoms with Crippen LogP contribution in [0.15, 0.2) is 48.5 Å². The predicted octanol–water partition coefficient (Wildman–Crippen LogP) is 3.40. The Morgan fingerprint density at radius 3 is 2.44 bits per heavy atom. The number of carbonyl (C=O) groups is 1. The van der Waals surface area contributed by atoms with Crippen molar-refractivity contribution in [3.8, 4) is 0 Å². The number of piperazine rings is 1. The zero-order chi connectivity index (χ0) is 19.2. The van der Waals surface area contributed by atoms with Crippen LogP contribution < -0.4 is 10.2 Å². The summed E-state index contributed by atoms with van der Waals surface area (Å²) in [6, 6.07) is 13.9. The maximum Gasteiger partial charge on any atom is 0.292 e. The molecule has 0 radical (unpaired) electrons. The van der Waals surface area contributed by atoms with Crippen molar-refractivity contribution in [3.63, 3.8) is 0 Å². The van der Waals surface area contributed by atoms with Gasteiger partial charge in [-0.2, -0.15) is 0 Å². The van der Waals surface area contributed by atoms with Gasteiger partial charge in [0.15, 0.2) is 0 Å². The molecule has 0 spiro atoms. The highest BCUT2D eigenvalue weighted by atomic mass is 35.5. The molecule has 1 saturated heterocycles. The van der Waals surface area contributed by atoms with Crippen molar-refractivity contribution in [2.75, 3.05) is 42.9 Å². The lowest BCUT2D eigenvalue weighted by atomic mass is 10.2. The SMILES string of the molecule is O=C(CCN1CCN(c2ccccc2[N+](=O)[O-])CC1)Nc1ccccc1Cl. The van der Waals surface area contributed by atoms with Gasteiger partial charge < -0.3 is 10.2 Å². The van der Waals surface area contributed by atoms with Gasteiger partial charge in [-0.05, 0) is 18.2 Å². The number of nitrogens with one attached hydrogen (secondary N) is 1. The Morgan fingerprint density at radius 2 is 1.74 bits per heavy atom. The molecule has 1 heterocycles. The normalized spacial score (nSPS) is 14.8. The molecule has 8 heteroatoms. The third-order valence-corrected chi connectivity index (χ3v) is 4.92. The van der Waals surface area contributed by atoms with E-state index in [-0.39, 0.29) is 16.5 Å². The minimum atomic E-state index is -0.346. The molecule has 0 aromatic heterocycles. The van der Waals surface area contributed by atoms with Crippen molar-refractivity contribution in [2.45, 2.75) is 6.42 Å². The van der Waals surface area contributed by atoms with E-state index in [0.717, 1.165) is 13.1 Å². The van der Waals surface area contributed by atoms with Crippen LogP contribution >= 0.6 is 11.6 Å². The van der Waals surface area contributed by atoms with Gasteiger partial charge in [0.25, 0.3) is 5.69 Å². The van der Waals surface area contributed by atoms with E-state index in [1.54, 1.807) is 24.3 Å². The second kappa shape index (κ2) is 8.83. The molecule has 1 aliphatic heterocycles. The highest BCUT2D eigenvalue weighted by molar-refractivity contribution is 6.33. The lowest BCUT2D eigenvalue weighted by Gasteiger charge is -2.35. The molecule has 1 N–H and O–H groups in total. The van der Waals surface area contributed by atoms with Gasteiger partial charge in [-0.1, -0.05) is 35.9 Å². The lowest BCUT2D eigenvalue weighted by molar-refractivity contribution is -0.384. The highest BCUT2D eigenvalue weighted by Gasteiger charge is 2.23. The Hall–Kier alpha value is -2.64. The van der Waals surface area contributed by atoms with Crippen LogP contribution in [0.5, 0.6) is 0 Å². The van der Waals surface area contributed by atoms with Crippen molar-refractivity contribution in [3.05, 3.63) is 63.7 Å². The second-order valence-corrected chi connectivity index (χ2v) is 6.76. The van der Waals surface area contributed by atoms with Crippen molar-refractivity contribution < 1.29 is 9.72 Å². The molecule has 1 amide bonds. The first-order chi connectivity index (χ1) is 13.0. The summed E-state index contributed by atoms with van der Waals surface area (Å²) in [4.78, 5) is 27.2. The molecular weight excluding hydrogens is 368 g/mol. The fourth-order valence-corrected chi connectivity index (χ4v) is 3.32. The molecule has 1 fully saturated rings. The standard InChI is InChI=1S/C19H21ClN4O3/c20-15-5-1-2-6-16(15)21-19(25)9-10-22-11-13-23(14-12-22)17-7-3-4-8-18(17)24(26)27/h1-8H,9-14H2,(H,21,25). The number of carbonyl (C=O) groups excluding carboxylic acids is 1. The smallest absolute Gasteiger partial charge is 0.292 e. The number of hydrogen-bond donors (Lipinski definition) is 1. The molecular formula is C19H21ClN4O3. The van der Waals surface area contributed by atoms with E-state index in [2.05, 4.69) is 10.2 Å². The Kier molecular flexibility index (Phi) is 6.26. The van der Waals surface area contributed by atoms with E-state index >= 15 is 0 Å². The number of nitro benzene ring substituents is 1. The third kappa shape index (κ3) is 4.96. The first-order valence-corrected chi connectivity index (χ1v) is 9.17. The molecule has 0 bridgehead atoms. The van der Waals surface area contributed by atoms with E-state index in [0.29, 0.717) is 42.5 Å². The van der Waals surface area contributed by atoms with Crippen molar-refractivity contribution in [1.29, 1.82) is 0 Å². The van der Waals surface area contributed by atoms with Crippen LogP contribution in [-0.2, 0) is 4.79 Å². The van der Waals surface area contributed by atoms with E-state index in [1.165, 1.54) is 6.07 Å². The maximum atomic E-state index is 12.1. The number of hydrogen-bond acceptors (Lipinski definition) is 5. The molecule has 2 aromatic carbocycles. The van der Waals surface area contributed by atoms with Crippen molar-refractivity contribution in [2.24, 2.45) is 0 Å². The van der Waals surface area contributed by atoms with Crippen LogP contribution in [0.2, 0.25) is 5.02 Å². The zero-order valence-corrected chi connectivity index (χ0v) is 15.6. The van der Waals surface area contributed by atoms with E-state index in [9.17, 15) is 14.9 Å². The zero-order valence-electron chi connectivity index (χ0n) is 14.8. The minimum Gasteiger partial charge on any atom is -0.363 e. The molecule has 0 saturated carbocycles. The summed E-state index contributed by atoms with van der Waals surface area (Å²) in [5, 5.41) is 14.5. The van der Waals surface area contributed by atoms with E-state index in [1.807, 2.05) is 23.1 Å².